The lowest BCUT2D eigenvalue weighted by Crippen LogP contribution is -2.51. The van der Waals surface area contributed by atoms with Crippen molar-refractivity contribution in [2.24, 2.45) is 0 Å². The number of halogens is 2. The van der Waals surface area contributed by atoms with Crippen LogP contribution in [0, 0.1) is 0 Å². The Morgan fingerprint density at radius 1 is 0.952 bits per heavy atom. The van der Waals surface area contributed by atoms with E-state index in [9.17, 15) is 9.59 Å². The number of anilines is 2. The van der Waals surface area contributed by atoms with Gasteiger partial charge in [0, 0.05) is 12.0 Å². The summed E-state index contributed by atoms with van der Waals surface area (Å²) < 4.78 is -2.07. The SMILES string of the molecule is O=C1c2cccc3c2N(C(=O)C1(Cl)Cl)c1ccccc1C3. The predicted octanol–water partition coefficient (Wildman–Crippen LogP) is 3.63. The van der Waals surface area contributed by atoms with E-state index < -0.39 is 16.0 Å². The van der Waals surface area contributed by atoms with E-state index in [4.69, 9.17) is 23.2 Å². The zero-order valence-electron chi connectivity index (χ0n) is 10.8. The summed E-state index contributed by atoms with van der Waals surface area (Å²) in [5, 5.41) is 0. The lowest BCUT2D eigenvalue weighted by molar-refractivity contribution is -0.117. The third-order valence-corrected chi connectivity index (χ3v) is 4.62. The van der Waals surface area contributed by atoms with Gasteiger partial charge in [-0.2, -0.15) is 0 Å². The van der Waals surface area contributed by atoms with Crippen LogP contribution in [0.4, 0.5) is 11.4 Å². The molecule has 2 aromatic rings. The molecule has 104 valence electrons. The molecule has 0 radical (unpaired) electrons. The number of benzene rings is 2. The van der Waals surface area contributed by atoms with Gasteiger partial charge in [0.05, 0.1) is 11.4 Å². The Hall–Kier alpha value is -1.84. The maximum Gasteiger partial charge on any atom is 0.276 e. The molecule has 0 aromatic heterocycles. The molecular weight excluding hydrogens is 309 g/mol. The predicted molar refractivity (Wildman–Crippen MR) is 81.6 cm³/mol. The molecule has 0 N–H and O–H groups in total. The van der Waals surface area contributed by atoms with Gasteiger partial charge in [-0.3, -0.25) is 14.5 Å². The molecule has 0 spiro atoms. The molecule has 5 heteroatoms. The van der Waals surface area contributed by atoms with E-state index in [1.54, 1.807) is 12.1 Å². The number of Topliss-reactive ketones (excluding diaryl/α,β-unsaturated/α-hetero) is 1. The Bertz CT molecular complexity index is 814. The highest BCUT2D eigenvalue weighted by atomic mass is 35.5. The van der Waals surface area contributed by atoms with Gasteiger partial charge in [0.2, 0.25) is 5.78 Å². The van der Waals surface area contributed by atoms with E-state index in [1.807, 2.05) is 30.3 Å². The Balaban J connectivity index is 2.09. The number of ketones is 1. The van der Waals surface area contributed by atoms with E-state index >= 15 is 0 Å². The molecule has 0 bridgehead atoms. The van der Waals surface area contributed by atoms with Gasteiger partial charge < -0.3 is 0 Å². The maximum absolute atomic E-state index is 12.6. The van der Waals surface area contributed by atoms with Gasteiger partial charge in [-0.15, -0.1) is 0 Å². The van der Waals surface area contributed by atoms with Crippen LogP contribution in [-0.4, -0.2) is 16.0 Å². The number of hydrogen-bond acceptors (Lipinski definition) is 2. The minimum Gasteiger partial charge on any atom is -0.290 e. The second-order valence-electron chi connectivity index (χ2n) is 5.16. The Morgan fingerprint density at radius 2 is 1.67 bits per heavy atom. The number of carbonyl (C=O) groups is 2. The first-order chi connectivity index (χ1) is 10.0. The summed E-state index contributed by atoms with van der Waals surface area (Å²) in [4.78, 5) is 26.5. The molecule has 2 heterocycles. The van der Waals surface area contributed by atoms with Crippen molar-refractivity contribution in [3.05, 3.63) is 59.2 Å². The van der Waals surface area contributed by atoms with Gasteiger partial charge in [0.1, 0.15) is 0 Å². The van der Waals surface area contributed by atoms with Crippen LogP contribution in [0.2, 0.25) is 0 Å². The standard InChI is InChI=1S/C16H9Cl2NO2/c17-16(18)14(20)11-6-3-5-10-8-9-4-1-2-7-12(9)19(13(10)11)15(16)21/h1-7H,8H2. The van der Waals surface area contributed by atoms with Gasteiger partial charge in [-0.05, 0) is 23.3 Å². The van der Waals surface area contributed by atoms with Gasteiger partial charge in [0.15, 0.2) is 0 Å². The average Bonchev–Trinajstić information content (AvgIpc) is 2.49. The summed E-state index contributed by atoms with van der Waals surface area (Å²) >= 11 is 12.1. The topological polar surface area (TPSA) is 37.4 Å². The maximum atomic E-state index is 12.6. The van der Waals surface area contributed by atoms with E-state index in [0.717, 1.165) is 16.8 Å². The van der Waals surface area contributed by atoms with Crippen LogP contribution < -0.4 is 4.90 Å². The van der Waals surface area contributed by atoms with E-state index in [1.165, 1.54) is 4.90 Å². The second kappa shape index (κ2) is 4.09. The van der Waals surface area contributed by atoms with Crippen molar-refractivity contribution in [1.82, 2.24) is 0 Å². The molecule has 0 unspecified atom stereocenters. The summed E-state index contributed by atoms with van der Waals surface area (Å²) in [7, 11) is 0. The van der Waals surface area contributed by atoms with Crippen LogP contribution in [0.15, 0.2) is 42.5 Å². The summed E-state index contributed by atoms with van der Waals surface area (Å²) in [6.45, 7) is 0. The smallest absolute Gasteiger partial charge is 0.276 e. The zero-order chi connectivity index (χ0) is 14.8. The Labute approximate surface area is 131 Å². The number of fused-ring (bicyclic) bond motifs is 2. The fourth-order valence-electron chi connectivity index (χ4n) is 3.00. The van der Waals surface area contributed by atoms with Crippen molar-refractivity contribution < 1.29 is 9.59 Å². The highest BCUT2D eigenvalue weighted by Crippen LogP contribution is 2.48. The molecule has 21 heavy (non-hydrogen) atoms. The van der Waals surface area contributed by atoms with Crippen molar-refractivity contribution in [2.75, 3.05) is 4.90 Å². The van der Waals surface area contributed by atoms with Crippen LogP contribution >= 0.6 is 23.2 Å². The van der Waals surface area contributed by atoms with E-state index in [2.05, 4.69) is 0 Å². The quantitative estimate of drug-likeness (QED) is 0.549. The molecule has 2 aromatic carbocycles. The molecule has 0 fully saturated rings. The third kappa shape index (κ3) is 1.56. The lowest BCUT2D eigenvalue weighted by atomic mass is 9.88. The van der Waals surface area contributed by atoms with Crippen LogP contribution in [-0.2, 0) is 11.2 Å². The molecule has 2 aliphatic rings. The largest absolute Gasteiger partial charge is 0.290 e. The Morgan fingerprint density at radius 3 is 2.48 bits per heavy atom. The van der Waals surface area contributed by atoms with Gasteiger partial charge in [-0.1, -0.05) is 53.5 Å². The molecule has 3 nitrogen and oxygen atoms in total. The third-order valence-electron chi connectivity index (χ3n) is 3.96. The molecule has 2 aliphatic heterocycles. The number of hydrogen-bond donors (Lipinski definition) is 0. The monoisotopic (exact) mass is 317 g/mol. The van der Waals surface area contributed by atoms with Gasteiger partial charge >= 0.3 is 0 Å². The first kappa shape index (κ1) is 12.9. The molecule has 0 aliphatic carbocycles. The van der Waals surface area contributed by atoms with E-state index in [0.29, 0.717) is 17.7 Å². The average molecular weight is 318 g/mol. The normalized spacial score (nSPS) is 18.3. The van der Waals surface area contributed by atoms with Crippen LogP contribution in [0.1, 0.15) is 21.5 Å². The summed E-state index contributed by atoms with van der Waals surface area (Å²) in [5.74, 6) is -1.16. The number of para-hydroxylation sites is 2. The lowest BCUT2D eigenvalue weighted by Gasteiger charge is -2.39. The molecule has 0 saturated carbocycles. The molecule has 1 amide bonds. The van der Waals surface area contributed by atoms with Crippen LogP contribution in [0.25, 0.3) is 0 Å². The van der Waals surface area contributed by atoms with Crippen LogP contribution in [0.5, 0.6) is 0 Å². The van der Waals surface area contributed by atoms with E-state index in [-0.39, 0.29) is 0 Å². The molecule has 4 rings (SSSR count). The van der Waals surface area contributed by atoms with Gasteiger partial charge in [-0.25, -0.2) is 0 Å². The van der Waals surface area contributed by atoms with Crippen molar-refractivity contribution in [1.29, 1.82) is 0 Å². The zero-order valence-corrected chi connectivity index (χ0v) is 12.3. The minimum atomic E-state index is -2.07. The molecule has 0 atom stereocenters. The van der Waals surface area contributed by atoms with Crippen molar-refractivity contribution in [2.45, 2.75) is 10.8 Å². The minimum absolute atomic E-state index is 0.395. The molecule has 0 saturated heterocycles. The fourth-order valence-corrected chi connectivity index (χ4v) is 3.38. The Kier molecular flexibility index (Phi) is 2.51. The van der Waals surface area contributed by atoms with Crippen LogP contribution in [0.3, 0.4) is 0 Å². The molecular formula is C16H9Cl2NO2. The van der Waals surface area contributed by atoms with Crippen molar-refractivity contribution >= 4 is 46.3 Å². The first-order valence-electron chi connectivity index (χ1n) is 6.49. The number of rotatable bonds is 0. The fraction of sp³-hybridized carbons (Fsp3) is 0.125. The van der Waals surface area contributed by atoms with Gasteiger partial charge in [0.25, 0.3) is 10.2 Å². The number of carbonyl (C=O) groups excluding carboxylic acids is 2. The second-order valence-corrected chi connectivity index (χ2v) is 6.49. The van der Waals surface area contributed by atoms with Crippen molar-refractivity contribution in [3.8, 4) is 0 Å². The number of nitrogens with zero attached hydrogens (tertiary/aromatic N) is 1. The number of amides is 1. The highest BCUT2D eigenvalue weighted by molar-refractivity contribution is 6.71. The summed E-state index contributed by atoms with van der Waals surface area (Å²) in [6.07, 6.45) is 0.675. The summed E-state index contributed by atoms with van der Waals surface area (Å²) in [6, 6.07) is 12.9. The van der Waals surface area contributed by atoms with Crippen molar-refractivity contribution in [3.63, 3.8) is 0 Å². The summed E-state index contributed by atoms with van der Waals surface area (Å²) in [5.41, 5.74) is 3.68. The highest BCUT2D eigenvalue weighted by Gasteiger charge is 2.52. The number of alkyl halides is 2. The first-order valence-corrected chi connectivity index (χ1v) is 7.24.